The van der Waals surface area contributed by atoms with Crippen LogP contribution in [0.3, 0.4) is 0 Å². The minimum absolute atomic E-state index is 0.125. The average molecular weight is 487 g/mol. The fraction of sp³-hybridized carbons (Fsp3) is 0.250. The van der Waals surface area contributed by atoms with Crippen LogP contribution in [0.2, 0.25) is 0 Å². The number of hydrogen-bond donors (Lipinski definition) is 2. The van der Waals surface area contributed by atoms with Crippen LogP contribution in [0.4, 0.5) is 10.5 Å². The molecule has 8 nitrogen and oxygen atoms in total. The molecule has 0 unspecified atom stereocenters. The number of benzene rings is 2. The molecule has 3 aromatic rings. The van der Waals surface area contributed by atoms with E-state index in [9.17, 15) is 14.4 Å². The van der Waals surface area contributed by atoms with Gasteiger partial charge in [-0.15, -0.1) is 0 Å². The molecule has 0 bridgehead atoms. The van der Waals surface area contributed by atoms with Crippen LogP contribution in [0.15, 0.2) is 60.3 Å². The molecule has 1 aliphatic rings. The fourth-order valence-electron chi connectivity index (χ4n) is 4.29. The standard InChI is InChI=1S/C28H30N4O4/c1-17(2)20-10-12-22(13-11-20)32-18(3)14-21(19(32)4)15-24-27(34)31(28(35)30-24)16-26(33)29-23-8-6-7-9-25(23)36-5/h6-15,17H,16H2,1-5H3,(H,29,33)(H,30,35)/b24-15+. The third kappa shape index (κ3) is 4.88. The molecule has 8 heteroatoms. The van der Waals surface area contributed by atoms with Gasteiger partial charge in [0, 0.05) is 17.1 Å². The number of nitrogens with zero attached hydrogens (tertiary/aromatic N) is 2. The lowest BCUT2D eigenvalue weighted by atomic mass is 10.0. The number of rotatable bonds is 7. The summed E-state index contributed by atoms with van der Waals surface area (Å²) in [6.45, 7) is 7.86. The number of ether oxygens (including phenoxy) is 1. The summed E-state index contributed by atoms with van der Waals surface area (Å²) in [5.74, 6) is -0.130. The number of carbonyl (C=O) groups excluding carboxylic acids is 3. The number of aromatic nitrogens is 1. The first-order valence-corrected chi connectivity index (χ1v) is 11.8. The molecule has 0 saturated carbocycles. The van der Waals surface area contributed by atoms with E-state index in [0.29, 0.717) is 17.4 Å². The van der Waals surface area contributed by atoms with Crippen LogP contribution < -0.4 is 15.4 Å². The summed E-state index contributed by atoms with van der Waals surface area (Å²) >= 11 is 0. The highest BCUT2D eigenvalue weighted by Gasteiger charge is 2.35. The maximum atomic E-state index is 13.0. The number of hydrogen-bond acceptors (Lipinski definition) is 4. The maximum Gasteiger partial charge on any atom is 0.329 e. The highest BCUT2D eigenvalue weighted by atomic mass is 16.5. The van der Waals surface area contributed by atoms with Crippen molar-refractivity contribution in [3.8, 4) is 11.4 Å². The summed E-state index contributed by atoms with van der Waals surface area (Å²) in [5.41, 5.74) is 5.62. The highest BCUT2D eigenvalue weighted by Crippen LogP contribution is 2.26. The van der Waals surface area contributed by atoms with E-state index in [1.165, 1.54) is 12.7 Å². The van der Waals surface area contributed by atoms with Crippen LogP contribution in [0.1, 0.15) is 42.3 Å². The maximum absolute atomic E-state index is 13.0. The van der Waals surface area contributed by atoms with E-state index >= 15 is 0 Å². The predicted molar refractivity (Wildman–Crippen MR) is 139 cm³/mol. The fourth-order valence-corrected chi connectivity index (χ4v) is 4.29. The first-order valence-electron chi connectivity index (χ1n) is 11.8. The lowest BCUT2D eigenvalue weighted by Crippen LogP contribution is -2.38. The van der Waals surface area contributed by atoms with Gasteiger partial charge in [0.1, 0.15) is 18.0 Å². The van der Waals surface area contributed by atoms with E-state index in [2.05, 4.69) is 53.3 Å². The summed E-state index contributed by atoms with van der Waals surface area (Å²) in [6.07, 6.45) is 1.65. The monoisotopic (exact) mass is 486 g/mol. The molecule has 0 atom stereocenters. The van der Waals surface area contributed by atoms with Gasteiger partial charge in [0.25, 0.3) is 5.91 Å². The molecule has 4 rings (SSSR count). The number of methoxy groups -OCH3 is 1. The SMILES string of the molecule is COc1ccccc1NC(=O)CN1C(=O)N/C(=C/c2cc(C)n(-c3ccc(C(C)C)cc3)c2C)C1=O. The minimum atomic E-state index is -0.639. The molecule has 1 aromatic heterocycles. The van der Waals surface area contributed by atoms with Crippen LogP contribution in [0, 0.1) is 13.8 Å². The van der Waals surface area contributed by atoms with Crippen LogP contribution in [-0.2, 0) is 9.59 Å². The normalized spacial score (nSPS) is 14.5. The van der Waals surface area contributed by atoms with Gasteiger partial charge in [0.2, 0.25) is 5.91 Å². The molecule has 186 valence electrons. The van der Waals surface area contributed by atoms with Crippen molar-refractivity contribution in [3.05, 3.63) is 82.8 Å². The molecule has 4 amide bonds. The first kappa shape index (κ1) is 24.8. The molecule has 2 heterocycles. The number of urea groups is 1. The van der Waals surface area contributed by atoms with Gasteiger partial charge in [-0.05, 0) is 67.3 Å². The molecule has 1 fully saturated rings. The zero-order chi connectivity index (χ0) is 26.0. The van der Waals surface area contributed by atoms with Gasteiger partial charge in [0.15, 0.2) is 0 Å². The average Bonchev–Trinajstić information content (AvgIpc) is 3.28. The Morgan fingerprint density at radius 3 is 2.44 bits per heavy atom. The molecule has 1 aliphatic heterocycles. The predicted octanol–water partition coefficient (Wildman–Crippen LogP) is 4.76. The van der Waals surface area contributed by atoms with Gasteiger partial charge in [0.05, 0.1) is 12.8 Å². The second-order valence-electron chi connectivity index (χ2n) is 9.04. The molecule has 2 aromatic carbocycles. The topological polar surface area (TPSA) is 92.7 Å². The summed E-state index contributed by atoms with van der Waals surface area (Å²) in [7, 11) is 1.50. The van der Waals surface area contributed by atoms with E-state index < -0.39 is 24.4 Å². The second-order valence-corrected chi connectivity index (χ2v) is 9.04. The smallest absolute Gasteiger partial charge is 0.329 e. The van der Waals surface area contributed by atoms with Crippen molar-refractivity contribution in [2.75, 3.05) is 19.0 Å². The Hall–Kier alpha value is -4.33. The zero-order valence-electron chi connectivity index (χ0n) is 21.1. The Kier molecular flexibility index (Phi) is 6.96. The number of anilines is 1. The zero-order valence-corrected chi connectivity index (χ0v) is 21.1. The third-order valence-electron chi connectivity index (χ3n) is 6.23. The number of carbonyl (C=O) groups is 3. The highest BCUT2D eigenvalue weighted by molar-refractivity contribution is 6.16. The lowest BCUT2D eigenvalue weighted by Gasteiger charge is -2.13. The van der Waals surface area contributed by atoms with Gasteiger partial charge in [-0.1, -0.05) is 38.1 Å². The van der Waals surface area contributed by atoms with E-state index in [0.717, 1.165) is 27.5 Å². The molecule has 0 radical (unpaired) electrons. The van der Waals surface area contributed by atoms with E-state index in [4.69, 9.17) is 4.74 Å². The van der Waals surface area contributed by atoms with Crippen LogP contribution in [-0.4, -0.2) is 41.0 Å². The summed E-state index contributed by atoms with van der Waals surface area (Å²) in [4.78, 5) is 38.9. The minimum Gasteiger partial charge on any atom is -0.495 e. The van der Waals surface area contributed by atoms with Gasteiger partial charge in [-0.3, -0.25) is 9.59 Å². The summed E-state index contributed by atoms with van der Waals surface area (Å²) < 4.78 is 7.33. The van der Waals surface area contributed by atoms with Gasteiger partial charge in [-0.2, -0.15) is 0 Å². The van der Waals surface area contributed by atoms with Gasteiger partial charge >= 0.3 is 6.03 Å². The number of amides is 4. The molecule has 2 N–H and O–H groups in total. The van der Waals surface area contributed by atoms with Crippen molar-refractivity contribution in [2.45, 2.75) is 33.6 Å². The van der Waals surface area contributed by atoms with Crippen molar-refractivity contribution in [3.63, 3.8) is 0 Å². The Balaban J connectivity index is 1.52. The van der Waals surface area contributed by atoms with Crippen LogP contribution >= 0.6 is 0 Å². The van der Waals surface area contributed by atoms with Gasteiger partial charge < -0.3 is 19.9 Å². The van der Waals surface area contributed by atoms with Crippen molar-refractivity contribution >= 4 is 29.6 Å². The summed E-state index contributed by atoms with van der Waals surface area (Å²) in [5, 5.41) is 5.28. The number of imide groups is 1. The second kappa shape index (κ2) is 10.1. The Morgan fingerprint density at radius 1 is 1.08 bits per heavy atom. The molecular formula is C28H30N4O4. The Bertz CT molecular complexity index is 1350. The number of nitrogens with one attached hydrogen (secondary N) is 2. The Labute approximate surface area is 210 Å². The largest absolute Gasteiger partial charge is 0.495 e. The molecule has 36 heavy (non-hydrogen) atoms. The Morgan fingerprint density at radius 2 is 1.78 bits per heavy atom. The first-order chi connectivity index (χ1) is 17.2. The van der Waals surface area contributed by atoms with Crippen molar-refractivity contribution in [1.82, 2.24) is 14.8 Å². The molecule has 1 saturated heterocycles. The number of para-hydroxylation sites is 2. The molecule has 0 aliphatic carbocycles. The van der Waals surface area contributed by atoms with Crippen LogP contribution in [0.25, 0.3) is 11.8 Å². The van der Waals surface area contributed by atoms with Gasteiger partial charge in [-0.25, -0.2) is 9.69 Å². The third-order valence-corrected chi connectivity index (χ3v) is 6.23. The van der Waals surface area contributed by atoms with Crippen LogP contribution in [0.5, 0.6) is 5.75 Å². The van der Waals surface area contributed by atoms with E-state index in [1.807, 2.05) is 19.9 Å². The molecular weight excluding hydrogens is 456 g/mol. The van der Waals surface area contributed by atoms with E-state index in [1.54, 1.807) is 30.3 Å². The van der Waals surface area contributed by atoms with Crippen molar-refractivity contribution in [1.29, 1.82) is 0 Å². The van der Waals surface area contributed by atoms with E-state index in [-0.39, 0.29) is 5.70 Å². The quantitative estimate of drug-likeness (QED) is 0.372. The number of aryl methyl sites for hydroxylation is 1. The summed E-state index contributed by atoms with van der Waals surface area (Å²) in [6, 6.07) is 16.6. The molecule has 0 spiro atoms. The lowest BCUT2D eigenvalue weighted by molar-refractivity contribution is -0.127. The van der Waals surface area contributed by atoms with Crippen molar-refractivity contribution < 1.29 is 19.1 Å². The van der Waals surface area contributed by atoms with Crippen molar-refractivity contribution in [2.24, 2.45) is 0 Å².